The summed E-state index contributed by atoms with van der Waals surface area (Å²) in [7, 11) is 0. The summed E-state index contributed by atoms with van der Waals surface area (Å²) in [6.07, 6.45) is 0.428. The molecule has 2 aromatic carbocycles. The summed E-state index contributed by atoms with van der Waals surface area (Å²) in [5.74, 6) is -0.860. The van der Waals surface area contributed by atoms with Crippen molar-refractivity contribution in [2.45, 2.75) is 19.0 Å². The monoisotopic (exact) mass is 324 g/mol. The second-order valence-corrected chi connectivity index (χ2v) is 5.95. The van der Waals surface area contributed by atoms with Gasteiger partial charge in [0, 0.05) is 32.1 Å². The topological polar surface area (TPSA) is 69.6 Å². The van der Waals surface area contributed by atoms with Crippen LogP contribution < -0.4 is 5.32 Å². The Hall–Kier alpha value is -2.66. The van der Waals surface area contributed by atoms with Gasteiger partial charge in [-0.05, 0) is 23.3 Å². The van der Waals surface area contributed by atoms with Crippen LogP contribution >= 0.6 is 0 Å². The fourth-order valence-corrected chi connectivity index (χ4v) is 3.05. The van der Waals surface area contributed by atoms with Crippen LogP contribution in [-0.2, 0) is 11.3 Å². The first-order chi connectivity index (χ1) is 11.6. The molecule has 1 heterocycles. The number of nitrogens with zero attached hydrogens (tertiary/aromatic N) is 1. The van der Waals surface area contributed by atoms with Crippen LogP contribution in [0.15, 0.2) is 54.6 Å². The lowest BCUT2D eigenvalue weighted by atomic mass is 10.0. The molecule has 5 heteroatoms. The second-order valence-electron chi connectivity index (χ2n) is 5.95. The van der Waals surface area contributed by atoms with Crippen molar-refractivity contribution in [1.82, 2.24) is 10.2 Å². The molecule has 1 atom stereocenters. The molecule has 0 radical (unpaired) electrons. The number of carboxylic acids is 1. The number of carboxylic acid groups (broad SMARTS) is 1. The number of benzene rings is 2. The highest BCUT2D eigenvalue weighted by molar-refractivity contribution is 5.87. The Morgan fingerprint density at radius 3 is 2.50 bits per heavy atom. The maximum absolute atomic E-state index is 12.0. The van der Waals surface area contributed by atoms with Gasteiger partial charge in [0.25, 0.3) is 0 Å². The van der Waals surface area contributed by atoms with E-state index in [1.54, 1.807) is 12.1 Å². The molecule has 2 N–H and O–H groups in total. The summed E-state index contributed by atoms with van der Waals surface area (Å²) in [5, 5.41) is 11.9. The van der Waals surface area contributed by atoms with Gasteiger partial charge in [-0.15, -0.1) is 0 Å². The molecule has 1 unspecified atom stereocenters. The molecule has 124 valence electrons. The van der Waals surface area contributed by atoms with E-state index in [1.165, 1.54) is 0 Å². The van der Waals surface area contributed by atoms with Crippen LogP contribution in [0.4, 0.5) is 0 Å². The van der Waals surface area contributed by atoms with E-state index in [4.69, 9.17) is 5.11 Å². The average molecular weight is 324 g/mol. The van der Waals surface area contributed by atoms with Crippen molar-refractivity contribution in [1.29, 1.82) is 0 Å². The largest absolute Gasteiger partial charge is 0.478 e. The van der Waals surface area contributed by atoms with Gasteiger partial charge < -0.3 is 10.4 Å². The molecule has 2 aromatic rings. The van der Waals surface area contributed by atoms with Gasteiger partial charge >= 0.3 is 5.97 Å². The highest BCUT2D eigenvalue weighted by Crippen LogP contribution is 2.27. The van der Waals surface area contributed by atoms with Gasteiger partial charge in [0.1, 0.15) is 0 Å². The zero-order valence-corrected chi connectivity index (χ0v) is 13.3. The van der Waals surface area contributed by atoms with E-state index in [-0.39, 0.29) is 17.5 Å². The van der Waals surface area contributed by atoms with Crippen molar-refractivity contribution < 1.29 is 14.7 Å². The Bertz CT molecular complexity index is 713. The molecule has 0 spiro atoms. The molecule has 0 aliphatic carbocycles. The predicted molar refractivity (Wildman–Crippen MR) is 90.6 cm³/mol. The van der Waals surface area contributed by atoms with Gasteiger partial charge in [0.05, 0.1) is 5.56 Å². The van der Waals surface area contributed by atoms with Gasteiger partial charge in [-0.2, -0.15) is 0 Å². The highest BCUT2D eigenvalue weighted by atomic mass is 16.4. The van der Waals surface area contributed by atoms with Crippen LogP contribution in [-0.4, -0.2) is 35.0 Å². The van der Waals surface area contributed by atoms with Gasteiger partial charge in [-0.3, -0.25) is 9.69 Å². The van der Waals surface area contributed by atoms with Gasteiger partial charge in [-0.25, -0.2) is 4.79 Å². The fraction of sp³-hybridized carbons (Fsp3) is 0.263. The summed E-state index contributed by atoms with van der Waals surface area (Å²) >= 11 is 0. The second kappa shape index (κ2) is 7.27. The number of carbonyl (C=O) groups excluding carboxylic acids is 1. The predicted octanol–water partition coefficient (Wildman–Crippen LogP) is 2.45. The van der Waals surface area contributed by atoms with Crippen molar-refractivity contribution in [2.75, 3.05) is 13.1 Å². The number of carbonyl (C=O) groups is 2. The molecule has 0 saturated carbocycles. The first kappa shape index (κ1) is 16.2. The summed E-state index contributed by atoms with van der Waals surface area (Å²) in [6.45, 7) is 2.05. The lowest BCUT2D eigenvalue weighted by Crippen LogP contribution is -2.30. The molecule has 0 aromatic heterocycles. The van der Waals surface area contributed by atoms with E-state index in [0.717, 1.165) is 17.7 Å². The molecule has 1 aliphatic heterocycles. The normalized spacial score (nSPS) is 18.7. The van der Waals surface area contributed by atoms with E-state index < -0.39 is 5.97 Å². The van der Waals surface area contributed by atoms with Crippen LogP contribution in [0, 0.1) is 0 Å². The molecule has 1 amide bonds. The van der Waals surface area contributed by atoms with Crippen molar-refractivity contribution in [3.8, 4) is 0 Å². The zero-order chi connectivity index (χ0) is 16.9. The molecule has 3 rings (SSSR count). The average Bonchev–Trinajstić information content (AvgIpc) is 2.78. The van der Waals surface area contributed by atoms with Crippen molar-refractivity contribution in [3.63, 3.8) is 0 Å². The fourth-order valence-electron chi connectivity index (χ4n) is 3.05. The summed E-state index contributed by atoms with van der Waals surface area (Å²) in [4.78, 5) is 25.2. The first-order valence-corrected chi connectivity index (χ1v) is 8.01. The summed E-state index contributed by atoms with van der Waals surface area (Å²) in [5.41, 5.74) is 2.44. The van der Waals surface area contributed by atoms with Gasteiger partial charge in [-0.1, -0.05) is 42.5 Å². The number of nitrogens with one attached hydrogen (secondary N) is 1. The van der Waals surface area contributed by atoms with Crippen molar-refractivity contribution in [3.05, 3.63) is 71.3 Å². The van der Waals surface area contributed by atoms with Gasteiger partial charge in [0.2, 0.25) is 5.91 Å². The lowest BCUT2D eigenvalue weighted by Gasteiger charge is -2.29. The Kier molecular flexibility index (Phi) is 4.91. The molecule has 1 fully saturated rings. The van der Waals surface area contributed by atoms with Crippen LogP contribution in [0.2, 0.25) is 0 Å². The Labute approximate surface area is 140 Å². The van der Waals surface area contributed by atoms with E-state index in [2.05, 4.69) is 10.2 Å². The number of aromatic carboxylic acids is 1. The highest BCUT2D eigenvalue weighted by Gasteiger charge is 2.26. The molecule has 0 bridgehead atoms. The Morgan fingerprint density at radius 2 is 1.83 bits per heavy atom. The van der Waals surface area contributed by atoms with E-state index in [1.807, 2.05) is 42.5 Å². The number of rotatable bonds is 4. The minimum absolute atomic E-state index is 0.0212. The molecule has 5 nitrogen and oxygen atoms in total. The molecular formula is C19H20N2O3. The standard InChI is InChI=1S/C19H20N2O3/c22-18-12-17(15-4-2-1-3-5-15)21(11-10-20-18)13-14-6-8-16(9-7-14)19(23)24/h1-9,17H,10-13H2,(H,20,22)(H,23,24). The minimum Gasteiger partial charge on any atom is -0.478 e. The molecule has 1 saturated heterocycles. The van der Waals surface area contributed by atoms with Gasteiger partial charge in [0.15, 0.2) is 0 Å². The van der Waals surface area contributed by atoms with E-state index >= 15 is 0 Å². The number of hydrogen-bond donors (Lipinski definition) is 2. The summed E-state index contributed by atoms with van der Waals surface area (Å²) in [6, 6.07) is 17.0. The maximum atomic E-state index is 12.0. The quantitative estimate of drug-likeness (QED) is 0.906. The number of amides is 1. The van der Waals surface area contributed by atoms with Crippen LogP contribution in [0.25, 0.3) is 0 Å². The van der Waals surface area contributed by atoms with Crippen LogP contribution in [0.1, 0.15) is 33.9 Å². The van der Waals surface area contributed by atoms with Crippen LogP contribution in [0.5, 0.6) is 0 Å². The smallest absolute Gasteiger partial charge is 0.335 e. The summed E-state index contributed by atoms with van der Waals surface area (Å²) < 4.78 is 0. The molecule has 24 heavy (non-hydrogen) atoms. The molecular weight excluding hydrogens is 304 g/mol. The zero-order valence-electron chi connectivity index (χ0n) is 13.3. The Balaban J connectivity index is 1.82. The SMILES string of the molecule is O=C1CC(c2ccccc2)N(Cc2ccc(C(=O)O)cc2)CCN1. The maximum Gasteiger partial charge on any atom is 0.335 e. The minimum atomic E-state index is -0.923. The third-order valence-electron chi connectivity index (χ3n) is 4.31. The lowest BCUT2D eigenvalue weighted by molar-refractivity contribution is -0.121. The Morgan fingerprint density at radius 1 is 1.12 bits per heavy atom. The van der Waals surface area contributed by atoms with E-state index in [9.17, 15) is 9.59 Å². The van der Waals surface area contributed by atoms with Crippen molar-refractivity contribution in [2.24, 2.45) is 0 Å². The third kappa shape index (κ3) is 3.81. The molecule has 1 aliphatic rings. The van der Waals surface area contributed by atoms with Crippen LogP contribution in [0.3, 0.4) is 0 Å². The van der Waals surface area contributed by atoms with E-state index in [0.29, 0.717) is 19.5 Å². The number of hydrogen-bond acceptors (Lipinski definition) is 3. The third-order valence-corrected chi connectivity index (χ3v) is 4.31. The first-order valence-electron chi connectivity index (χ1n) is 8.01. The van der Waals surface area contributed by atoms with Crippen molar-refractivity contribution >= 4 is 11.9 Å².